The summed E-state index contributed by atoms with van der Waals surface area (Å²) in [7, 11) is 2.07. The zero-order chi connectivity index (χ0) is 15.4. The first-order valence-corrected chi connectivity index (χ1v) is 7.46. The van der Waals surface area contributed by atoms with Crippen molar-refractivity contribution in [1.82, 2.24) is 9.80 Å². The minimum Gasteiger partial charge on any atom is -0.398 e. The van der Waals surface area contributed by atoms with Gasteiger partial charge in [0.15, 0.2) is 0 Å². The third-order valence-corrected chi connectivity index (χ3v) is 4.38. The van der Waals surface area contributed by atoms with Crippen molar-refractivity contribution in [3.63, 3.8) is 0 Å². The fourth-order valence-corrected chi connectivity index (χ4v) is 2.92. The number of anilines is 1. The van der Waals surface area contributed by atoms with Gasteiger partial charge in [0.05, 0.1) is 4.92 Å². The number of nitrogens with zero attached hydrogens (tertiary/aromatic N) is 3. The van der Waals surface area contributed by atoms with E-state index in [-0.39, 0.29) is 10.6 Å². The van der Waals surface area contributed by atoms with Crippen LogP contribution < -0.4 is 5.73 Å². The molecule has 1 aliphatic heterocycles. The predicted molar refractivity (Wildman–Crippen MR) is 84.1 cm³/mol. The first-order valence-electron chi connectivity index (χ1n) is 7.46. The van der Waals surface area contributed by atoms with E-state index in [9.17, 15) is 10.1 Å². The molecule has 0 unspecified atom stereocenters. The van der Waals surface area contributed by atoms with Crippen LogP contribution in [-0.4, -0.2) is 47.4 Å². The highest BCUT2D eigenvalue weighted by Gasteiger charge is 2.22. The molecular formula is C15H24N4O2. The molecule has 1 aromatic carbocycles. The molecule has 1 saturated heterocycles. The number of likely N-dealkylation sites (tertiary alicyclic amines) is 1. The van der Waals surface area contributed by atoms with Gasteiger partial charge in [0.1, 0.15) is 0 Å². The number of piperidine rings is 1. The molecule has 0 amide bonds. The average Bonchev–Trinajstić information content (AvgIpc) is 2.49. The van der Waals surface area contributed by atoms with Crippen molar-refractivity contribution in [1.29, 1.82) is 0 Å². The molecule has 0 aliphatic carbocycles. The highest BCUT2D eigenvalue weighted by atomic mass is 16.6. The molecule has 116 valence electrons. The summed E-state index contributed by atoms with van der Waals surface area (Å²) in [6.07, 6.45) is 2.28. The zero-order valence-electron chi connectivity index (χ0n) is 12.8. The van der Waals surface area contributed by atoms with Gasteiger partial charge in [-0.3, -0.25) is 15.0 Å². The van der Waals surface area contributed by atoms with Gasteiger partial charge in [-0.1, -0.05) is 6.92 Å². The Bertz CT molecular complexity index is 498. The van der Waals surface area contributed by atoms with E-state index in [2.05, 4.69) is 23.8 Å². The zero-order valence-corrected chi connectivity index (χ0v) is 12.8. The Morgan fingerprint density at radius 1 is 1.43 bits per heavy atom. The Morgan fingerprint density at radius 2 is 2.10 bits per heavy atom. The van der Waals surface area contributed by atoms with Crippen LogP contribution in [0.5, 0.6) is 0 Å². The summed E-state index contributed by atoms with van der Waals surface area (Å²) in [6.45, 7) is 6.19. The van der Waals surface area contributed by atoms with Crippen molar-refractivity contribution >= 4 is 11.4 Å². The molecule has 0 saturated carbocycles. The molecule has 2 rings (SSSR count). The van der Waals surface area contributed by atoms with E-state index >= 15 is 0 Å². The van der Waals surface area contributed by atoms with Gasteiger partial charge >= 0.3 is 0 Å². The minimum absolute atomic E-state index is 0.105. The van der Waals surface area contributed by atoms with Gasteiger partial charge < -0.3 is 10.6 Å². The standard InChI is InChI=1S/C15H24N4O2/c1-3-18-8-6-13(7-9-18)17(2)11-12-10-14(19(20)21)4-5-15(12)16/h4-5,10,13H,3,6-9,11,16H2,1-2H3. The summed E-state index contributed by atoms with van der Waals surface area (Å²) in [5, 5.41) is 10.9. The van der Waals surface area contributed by atoms with Gasteiger partial charge in [-0.15, -0.1) is 0 Å². The number of nitro groups is 1. The maximum Gasteiger partial charge on any atom is 0.269 e. The molecule has 2 N–H and O–H groups in total. The molecule has 6 heteroatoms. The van der Waals surface area contributed by atoms with Crippen molar-refractivity contribution in [2.24, 2.45) is 0 Å². The fourth-order valence-electron chi connectivity index (χ4n) is 2.92. The molecule has 6 nitrogen and oxygen atoms in total. The molecule has 0 atom stereocenters. The van der Waals surface area contributed by atoms with Crippen LogP contribution in [-0.2, 0) is 6.54 Å². The lowest BCUT2D eigenvalue weighted by Gasteiger charge is -2.36. The summed E-state index contributed by atoms with van der Waals surface area (Å²) >= 11 is 0. The van der Waals surface area contributed by atoms with Gasteiger partial charge in [-0.2, -0.15) is 0 Å². The second kappa shape index (κ2) is 6.87. The maximum absolute atomic E-state index is 10.9. The van der Waals surface area contributed by atoms with E-state index in [1.165, 1.54) is 6.07 Å². The van der Waals surface area contributed by atoms with Crippen LogP contribution >= 0.6 is 0 Å². The Hall–Kier alpha value is -1.66. The second-order valence-electron chi connectivity index (χ2n) is 5.72. The van der Waals surface area contributed by atoms with Gasteiger partial charge in [0.2, 0.25) is 0 Å². The Labute approximate surface area is 125 Å². The SMILES string of the molecule is CCN1CCC(N(C)Cc2cc([N+](=O)[O-])ccc2N)CC1. The first-order chi connectivity index (χ1) is 10.0. The molecule has 0 spiro atoms. The largest absolute Gasteiger partial charge is 0.398 e. The number of rotatable bonds is 5. The van der Waals surface area contributed by atoms with Crippen LogP contribution in [0.1, 0.15) is 25.3 Å². The van der Waals surface area contributed by atoms with Crippen LogP contribution in [0.3, 0.4) is 0 Å². The van der Waals surface area contributed by atoms with Crippen molar-refractivity contribution in [2.45, 2.75) is 32.4 Å². The van der Waals surface area contributed by atoms with Crippen molar-refractivity contribution in [2.75, 3.05) is 32.4 Å². The van der Waals surface area contributed by atoms with Crippen molar-refractivity contribution < 1.29 is 4.92 Å². The smallest absolute Gasteiger partial charge is 0.269 e. The highest BCUT2D eigenvalue weighted by Crippen LogP contribution is 2.23. The lowest BCUT2D eigenvalue weighted by atomic mass is 10.0. The van der Waals surface area contributed by atoms with E-state index in [1.54, 1.807) is 12.1 Å². The Kier molecular flexibility index (Phi) is 5.14. The van der Waals surface area contributed by atoms with Crippen LogP contribution in [0.15, 0.2) is 18.2 Å². The minimum atomic E-state index is -0.372. The van der Waals surface area contributed by atoms with E-state index in [1.807, 2.05) is 0 Å². The van der Waals surface area contributed by atoms with Gasteiger partial charge in [-0.25, -0.2) is 0 Å². The van der Waals surface area contributed by atoms with Crippen LogP contribution in [0.4, 0.5) is 11.4 Å². The average molecular weight is 292 g/mol. The summed E-state index contributed by atoms with van der Waals surface area (Å²) in [5.74, 6) is 0. The number of nitro benzene ring substituents is 1. The summed E-state index contributed by atoms with van der Waals surface area (Å²) in [5.41, 5.74) is 7.52. The number of non-ortho nitro benzene ring substituents is 1. The molecule has 1 heterocycles. The van der Waals surface area contributed by atoms with Gasteiger partial charge in [-0.05, 0) is 51.2 Å². The molecule has 1 aliphatic rings. The Balaban J connectivity index is 2.01. The van der Waals surface area contributed by atoms with E-state index in [4.69, 9.17) is 5.73 Å². The monoisotopic (exact) mass is 292 g/mol. The summed E-state index contributed by atoms with van der Waals surface area (Å²) < 4.78 is 0. The van der Waals surface area contributed by atoms with Gasteiger partial charge in [0, 0.05) is 30.4 Å². The molecule has 0 aromatic heterocycles. The third kappa shape index (κ3) is 3.92. The molecular weight excluding hydrogens is 268 g/mol. The van der Waals surface area contributed by atoms with Crippen LogP contribution in [0, 0.1) is 10.1 Å². The maximum atomic E-state index is 10.9. The van der Waals surface area contributed by atoms with Gasteiger partial charge in [0.25, 0.3) is 5.69 Å². The molecule has 1 fully saturated rings. The molecule has 21 heavy (non-hydrogen) atoms. The topological polar surface area (TPSA) is 75.6 Å². The number of nitrogen functional groups attached to an aromatic ring is 1. The number of nitrogens with two attached hydrogens (primary N) is 1. The van der Waals surface area contributed by atoms with Crippen molar-refractivity contribution in [3.05, 3.63) is 33.9 Å². The Morgan fingerprint density at radius 3 is 2.67 bits per heavy atom. The lowest BCUT2D eigenvalue weighted by molar-refractivity contribution is -0.384. The summed E-state index contributed by atoms with van der Waals surface area (Å²) in [4.78, 5) is 15.2. The second-order valence-corrected chi connectivity index (χ2v) is 5.72. The van der Waals surface area contributed by atoms with Crippen molar-refractivity contribution in [3.8, 4) is 0 Å². The third-order valence-electron chi connectivity index (χ3n) is 4.38. The fraction of sp³-hybridized carbons (Fsp3) is 0.600. The molecule has 0 bridgehead atoms. The highest BCUT2D eigenvalue weighted by molar-refractivity contribution is 5.52. The van der Waals surface area contributed by atoms with E-state index < -0.39 is 0 Å². The lowest BCUT2D eigenvalue weighted by Crippen LogP contribution is -2.42. The quantitative estimate of drug-likeness (QED) is 0.511. The van der Waals surface area contributed by atoms with E-state index in [0.29, 0.717) is 18.3 Å². The van der Waals surface area contributed by atoms with E-state index in [0.717, 1.165) is 38.0 Å². The normalized spacial score (nSPS) is 17.3. The first kappa shape index (κ1) is 15.7. The molecule has 1 aromatic rings. The number of hydrogen-bond donors (Lipinski definition) is 1. The predicted octanol–water partition coefficient (Wildman–Crippen LogP) is 2.09. The number of hydrogen-bond acceptors (Lipinski definition) is 5. The summed E-state index contributed by atoms with van der Waals surface area (Å²) in [6, 6.07) is 5.19. The molecule has 0 radical (unpaired) electrons. The van der Waals surface area contributed by atoms with Crippen LogP contribution in [0.25, 0.3) is 0 Å². The van der Waals surface area contributed by atoms with Crippen LogP contribution in [0.2, 0.25) is 0 Å². The number of benzene rings is 1.